The molecule has 0 amide bonds. The Labute approximate surface area is 184 Å². The molecular formula is C27H21NO2S. The van der Waals surface area contributed by atoms with Gasteiger partial charge in [-0.15, -0.1) is 0 Å². The average Bonchev–Trinajstić information content (AvgIpc) is 3.21. The van der Waals surface area contributed by atoms with Gasteiger partial charge in [0, 0.05) is 0 Å². The topological polar surface area (TPSA) is 42.1 Å². The first-order chi connectivity index (χ1) is 15.3. The third kappa shape index (κ3) is 3.72. The fourth-order valence-electron chi connectivity index (χ4n) is 4.04. The predicted octanol–water partition coefficient (Wildman–Crippen LogP) is 6.10. The summed E-state index contributed by atoms with van der Waals surface area (Å²) in [5, 5.41) is 0. The highest BCUT2D eigenvalue weighted by Crippen LogP contribution is 2.41. The first-order valence-electron chi connectivity index (χ1n) is 10.2. The zero-order valence-corrected chi connectivity index (χ0v) is 17.6. The molecule has 1 heterocycles. The fraction of sp³-hybridized carbons (Fsp3) is 0.0741. The summed E-state index contributed by atoms with van der Waals surface area (Å²) >= 11 is 1.22. The van der Waals surface area contributed by atoms with Crippen molar-refractivity contribution in [2.75, 3.05) is 0 Å². The van der Waals surface area contributed by atoms with E-state index in [1.807, 2.05) is 72.8 Å². The number of rotatable bonds is 6. The molecule has 1 N–H and O–H groups in total. The predicted molar refractivity (Wildman–Crippen MR) is 126 cm³/mol. The SMILES string of the molecule is O=c1[nH]c2ccc(COC(c3ccccc3)(c3ccccc3)c3ccccc3)cc2s1. The molecule has 4 aromatic carbocycles. The van der Waals surface area contributed by atoms with Crippen molar-refractivity contribution in [3.8, 4) is 0 Å². The van der Waals surface area contributed by atoms with Crippen molar-refractivity contribution in [3.63, 3.8) is 0 Å². The second-order valence-electron chi connectivity index (χ2n) is 7.41. The smallest absolute Gasteiger partial charge is 0.305 e. The van der Waals surface area contributed by atoms with Crippen LogP contribution in [0.2, 0.25) is 0 Å². The van der Waals surface area contributed by atoms with Gasteiger partial charge in [0.1, 0.15) is 5.60 Å². The van der Waals surface area contributed by atoms with E-state index >= 15 is 0 Å². The molecule has 0 aliphatic heterocycles. The number of ether oxygens (including phenoxy) is 1. The van der Waals surface area contributed by atoms with Gasteiger partial charge in [0.2, 0.25) is 0 Å². The van der Waals surface area contributed by atoms with E-state index in [2.05, 4.69) is 41.4 Å². The number of thiazole rings is 1. The number of aromatic nitrogens is 1. The van der Waals surface area contributed by atoms with Gasteiger partial charge in [-0.3, -0.25) is 4.79 Å². The van der Waals surface area contributed by atoms with Gasteiger partial charge in [-0.05, 0) is 34.4 Å². The van der Waals surface area contributed by atoms with Crippen LogP contribution in [-0.4, -0.2) is 4.98 Å². The number of aromatic amines is 1. The Bertz CT molecular complexity index is 1250. The Morgan fingerprint density at radius 2 is 1.23 bits per heavy atom. The Morgan fingerprint density at radius 3 is 1.74 bits per heavy atom. The summed E-state index contributed by atoms with van der Waals surface area (Å²) in [6, 6.07) is 37.0. The van der Waals surface area contributed by atoms with Crippen LogP contribution >= 0.6 is 11.3 Å². The van der Waals surface area contributed by atoms with E-state index in [4.69, 9.17) is 4.74 Å². The van der Waals surface area contributed by atoms with Crippen LogP contribution in [0.4, 0.5) is 0 Å². The lowest BCUT2D eigenvalue weighted by atomic mass is 9.80. The van der Waals surface area contributed by atoms with Gasteiger partial charge in [0.15, 0.2) is 0 Å². The summed E-state index contributed by atoms with van der Waals surface area (Å²) in [7, 11) is 0. The van der Waals surface area contributed by atoms with Crippen LogP contribution in [0.3, 0.4) is 0 Å². The van der Waals surface area contributed by atoms with Crippen LogP contribution in [-0.2, 0) is 16.9 Å². The van der Waals surface area contributed by atoms with Crippen molar-refractivity contribution in [2.24, 2.45) is 0 Å². The highest BCUT2D eigenvalue weighted by Gasteiger charge is 2.37. The summed E-state index contributed by atoms with van der Waals surface area (Å²) in [5.41, 5.74) is 4.33. The summed E-state index contributed by atoms with van der Waals surface area (Å²) < 4.78 is 7.79. The lowest BCUT2D eigenvalue weighted by Crippen LogP contribution is -2.32. The van der Waals surface area contributed by atoms with Crippen molar-refractivity contribution < 1.29 is 4.74 Å². The van der Waals surface area contributed by atoms with Gasteiger partial charge >= 0.3 is 4.87 Å². The molecule has 0 spiro atoms. The Hall–Kier alpha value is -3.47. The maximum Gasteiger partial charge on any atom is 0.305 e. The summed E-state index contributed by atoms with van der Waals surface area (Å²) in [4.78, 5) is 14.5. The minimum Gasteiger partial charge on any atom is -0.356 e. The van der Waals surface area contributed by atoms with Crippen LogP contribution in [0, 0.1) is 0 Å². The van der Waals surface area contributed by atoms with Crippen LogP contribution < -0.4 is 4.87 Å². The molecule has 1 aromatic heterocycles. The number of benzene rings is 4. The van der Waals surface area contributed by atoms with Gasteiger partial charge in [-0.1, -0.05) is 108 Å². The molecule has 152 valence electrons. The molecule has 31 heavy (non-hydrogen) atoms. The van der Waals surface area contributed by atoms with E-state index in [1.165, 1.54) is 11.3 Å². The first-order valence-corrected chi connectivity index (χ1v) is 11.0. The third-order valence-corrected chi connectivity index (χ3v) is 6.33. The molecule has 0 saturated carbocycles. The molecule has 0 radical (unpaired) electrons. The molecule has 0 bridgehead atoms. The van der Waals surface area contributed by atoms with Gasteiger partial charge < -0.3 is 9.72 Å². The Balaban J connectivity index is 1.64. The monoisotopic (exact) mass is 423 g/mol. The maximum atomic E-state index is 11.7. The van der Waals surface area contributed by atoms with Crippen molar-refractivity contribution in [3.05, 3.63) is 141 Å². The van der Waals surface area contributed by atoms with Crippen molar-refractivity contribution in [1.29, 1.82) is 0 Å². The highest BCUT2D eigenvalue weighted by molar-refractivity contribution is 7.16. The summed E-state index contributed by atoms with van der Waals surface area (Å²) in [6.45, 7) is 0.403. The molecule has 0 aliphatic carbocycles. The van der Waals surface area contributed by atoms with Gasteiger partial charge in [-0.25, -0.2) is 0 Å². The summed E-state index contributed by atoms with van der Waals surface area (Å²) in [6.07, 6.45) is 0. The maximum absolute atomic E-state index is 11.7. The molecule has 0 unspecified atom stereocenters. The van der Waals surface area contributed by atoms with Crippen LogP contribution in [0.25, 0.3) is 10.2 Å². The van der Waals surface area contributed by atoms with E-state index in [1.54, 1.807) is 0 Å². The normalized spacial score (nSPS) is 11.6. The molecular weight excluding hydrogens is 402 g/mol. The molecule has 5 rings (SSSR count). The molecule has 5 aromatic rings. The van der Waals surface area contributed by atoms with E-state index in [-0.39, 0.29) is 4.87 Å². The van der Waals surface area contributed by atoms with Crippen LogP contribution in [0.5, 0.6) is 0 Å². The molecule has 0 aliphatic rings. The van der Waals surface area contributed by atoms with Crippen LogP contribution in [0.1, 0.15) is 22.3 Å². The van der Waals surface area contributed by atoms with Crippen molar-refractivity contribution in [1.82, 2.24) is 4.98 Å². The van der Waals surface area contributed by atoms with Gasteiger partial charge in [0.05, 0.1) is 16.8 Å². The molecule has 3 nitrogen and oxygen atoms in total. The number of H-pyrrole nitrogens is 1. The number of fused-ring (bicyclic) bond motifs is 1. The zero-order valence-electron chi connectivity index (χ0n) is 16.8. The second kappa shape index (κ2) is 8.34. The minimum atomic E-state index is -0.760. The largest absolute Gasteiger partial charge is 0.356 e. The summed E-state index contributed by atoms with van der Waals surface area (Å²) in [5.74, 6) is 0. The number of hydrogen-bond acceptors (Lipinski definition) is 3. The third-order valence-electron chi connectivity index (χ3n) is 5.48. The standard InChI is InChI=1S/C27H21NO2S/c29-26-28-24-17-16-20(18-25(24)31-26)19-30-27(21-10-4-1-5-11-21,22-12-6-2-7-13-22)23-14-8-3-9-15-23/h1-18H,19H2,(H,28,29). The highest BCUT2D eigenvalue weighted by atomic mass is 32.1. The van der Waals surface area contributed by atoms with Crippen molar-refractivity contribution in [2.45, 2.75) is 12.2 Å². The lowest BCUT2D eigenvalue weighted by molar-refractivity contribution is 0.000295. The quantitative estimate of drug-likeness (QED) is 0.335. The minimum absolute atomic E-state index is 0.0414. The van der Waals surface area contributed by atoms with Crippen molar-refractivity contribution >= 4 is 21.6 Å². The van der Waals surface area contributed by atoms with Gasteiger partial charge in [-0.2, -0.15) is 0 Å². The Morgan fingerprint density at radius 1 is 0.710 bits per heavy atom. The van der Waals surface area contributed by atoms with E-state index in [9.17, 15) is 4.79 Å². The zero-order chi connectivity index (χ0) is 21.1. The molecule has 0 atom stereocenters. The van der Waals surface area contributed by atoms with E-state index in [0.717, 1.165) is 32.5 Å². The number of hydrogen-bond donors (Lipinski definition) is 1. The molecule has 4 heteroatoms. The average molecular weight is 424 g/mol. The van der Waals surface area contributed by atoms with E-state index in [0.29, 0.717) is 6.61 Å². The molecule has 0 saturated heterocycles. The molecule has 0 fully saturated rings. The van der Waals surface area contributed by atoms with Crippen LogP contribution in [0.15, 0.2) is 114 Å². The van der Waals surface area contributed by atoms with E-state index < -0.39 is 5.60 Å². The van der Waals surface area contributed by atoms with Gasteiger partial charge in [0.25, 0.3) is 0 Å². The second-order valence-corrected chi connectivity index (χ2v) is 8.43. The lowest BCUT2D eigenvalue weighted by Gasteiger charge is -2.36. The first kappa shape index (κ1) is 19.5. The fourth-order valence-corrected chi connectivity index (χ4v) is 4.84. The number of nitrogens with one attached hydrogen (secondary N) is 1. The Kier molecular flexibility index (Phi) is 5.24.